The SMILES string of the molecule is CCCCCCC(CCCCCC)O[C@H]1O[C@H](CO[C@@H]2O[C@H](CO)[C@@H](O)[C@H](O)[C@H]2O)[C@@H](O)[C@H](O)[C@H]1O. The number of hydrogen-bond acceptors (Lipinski definition) is 11. The normalized spacial score (nSPS) is 37.5. The molecule has 2 saturated heterocycles. The van der Waals surface area contributed by atoms with E-state index >= 15 is 0 Å². The third-order valence-electron chi connectivity index (χ3n) is 7.03. The first-order chi connectivity index (χ1) is 17.2. The van der Waals surface area contributed by atoms with Crippen LogP contribution in [0.4, 0.5) is 0 Å². The van der Waals surface area contributed by atoms with Crippen molar-refractivity contribution in [2.75, 3.05) is 13.2 Å². The molecule has 10 atom stereocenters. The maximum Gasteiger partial charge on any atom is 0.186 e. The molecule has 0 spiro atoms. The molecular weight excluding hydrogens is 476 g/mol. The third-order valence-corrected chi connectivity index (χ3v) is 7.03. The summed E-state index contributed by atoms with van der Waals surface area (Å²) in [5, 5.41) is 70.8. The summed E-state index contributed by atoms with van der Waals surface area (Å²) in [6.07, 6.45) is -4.09. The van der Waals surface area contributed by atoms with Gasteiger partial charge in [0.2, 0.25) is 0 Å². The molecule has 0 amide bonds. The smallest absolute Gasteiger partial charge is 0.186 e. The second-order valence-corrected chi connectivity index (χ2v) is 10.0. The number of aliphatic hydroxyl groups is 7. The molecule has 214 valence electrons. The first-order valence-corrected chi connectivity index (χ1v) is 13.5. The lowest BCUT2D eigenvalue weighted by molar-refractivity contribution is -0.336. The lowest BCUT2D eigenvalue weighted by Crippen LogP contribution is -2.62. The van der Waals surface area contributed by atoms with E-state index in [2.05, 4.69) is 13.8 Å². The summed E-state index contributed by atoms with van der Waals surface area (Å²) in [7, 11) is 0. The van der Waals surface area contributed by atoms with Crippen molar-refractivity contribution in [1.82, 2.24) is 0 Å². The van der Waals surface area contributed by atoms with Crippen molar-refractivity contribution in [2.45, 2.75) is 146 Å². The van der Waals surface area contributed by atoms with Crippen LogP contribution in [0, 0.1) is 0 Å². The van der Waals surface area contributed by atoms with E-state index in [0.29, 0.717) is 0 Å². The topological polar surface area (TPSA) is 179 Å². The van der Waals surface area contributed by atoms with Crippen molar-refractivity contribution in [2.24, 2.45) is 0 Å². The third kappa shape index (κ3) is 9.09. The second kappa shape index (κ2) is 16.5. The van der Waals surface area contributed by atoms with Crippen LogP contribution >= 0.6 is 0 Å². The lowest BCUT2D eigenvalue weighted by Gasteiger charge is -2.43. The van der Waals surface area contributed by atoms with Crippen molar-refractivity contribution < 1.29 is 54.7 Å². The molecule has 11 heteroatoms. The fourth-order valence-electron chi connectivity index (χ4n) is 4.63. The molecule has 0 aliphatic carbocycles. The Labute approximate surface area is 214 Å². The number of unbranched alkanes of at least 4 members (excludes halogenated alkanes) is 6. The maximum atomic E-state index is 10.5. The molecule has 11 nitrogen and oxygen atoms in total. The molecular formula is C25H48O11. The van der Waals surface area contributed by atoms with Gasteiger partial charge in [0.15, 0.2) is 12.6 Å². The molecule has 0 radical (unpaired) electrons. The van der Waals surface area contributed by atoms with Crippen molar-refractivity contribution in [3.05, 3.63) is 0 Å². The zero-order valence-corrected chi connectivity index (χ0v) is 21.6. The Morgan fingerprint density at radius 3 is 1.64 bits per heavy atom. The molecule has 36 heavy (non-hydrogen) atoms. The van der Waals surface area contributed by atoms with Crippen LogP contribution in [0.15, 0.2) is 0 Å². The summed E-state index contributed by atoms with van der Waals surface area (Å²) in [6.45, 7) is 3.31. The molecule has 0 bridgehead atoms. The summed E-state index contributed by atoms with van der Waals surface area (Å²) >= 11 is 0. The van der Waals surface area contributed by atoms with Crippen molar-refractivity contribution >= 4 is 0 Å². The molecule has 2 rings (SSSR count). The van der Waals surface area contributed by atoms with Gasteiger partial charge in [-0.05, 0) is 12.8 Å². The van der Waals surface area contributed by atoms with Gasteiger partial charge in [0, 0.05) is 0 Å². The number of aliphatic hydroxyl groups excluding tert-OH is 7. The Morgan fingerprint density at radius 2 is 1.11 bits per heavy atom. The molecule has 2 heterocycles. The number of rotatable bonds is 16. The van der Waals surface area contributed by atoms with Gasteiger partial charge < -0.3 is 54.7 Å². The monoisotopic (exact) mass is 524 g/mol. The average Bonchev–Trinajstić information content (AvgIpc) is 2.87. The van der Waals surface area contributed by atoms with Gasteiger partial charge in [0.1, 0.15) is 48.8 Å². The van der Waals surface area contributed by atoms with Gasteiger partial charge in [0.25, 0.3) is 0 Å². The molecule has 0 aromatic heterocycles. The van der Waals surface area contributed by atoms with E-state index in [1.807, 2.05) is 0 Å². The average molecular weight is 525 g/mol. The highest BCUT2D eigenvalue weighted by Crippen LogP contribution is 2.28. The first-order valence-electron chi connectivity index (χ1n) is 13.5. The standard InChI is InChI=1S/C25H48O11/c1-3-5-7-9-11-15(12-10-8-6-4-2)34-25-23(32)21(30)19(28)17(36-25)14-33-24-22(31)20(29)18(27)16(13-26)35-24/h15-32H,3-14H2,1-2H3/t16-,17-,18-,19-,20+,21+,22-,23-,24-,25+/m1/s1. The Kier molecular flexibility index (Phi) is 14.6. The Hall–Kier alpha value is -0.440. The summed E-state index contributed by atoms with van der Waals surface area (Å²) in [6, 6.07) is 0. The molecule has 0 aromatic carbocycles. The number of hydrogen-bond donors (Lipinski definition) is 7. The summed E-state index contributed by atoms with van der Waals surface area (Å²) in [5.74, 6) is 0. The van der Waals surface area contributed by atoms with Crippen LogP contribution in [-0.4, -0.2) is 116 Å². The maximum absolute atomic E-state index is 10.5. The molecule has 7 N–H and O–H groups in total. The second-order valence-electron chi connectivity index (χ2n) is 10.0. The van der Waals surface area contributed by atoms with Crippen molar-refractivity contribution in [3.63, 3.8) is 0 Å². The molecule has 2 fully saturated rings. The molecule has 2 aliphatic rings. The fraction of sp³-hybridized carbons (Fsp3) is 1.00. The largest absolute Gasteiger partial charge is 0.394 e. The quantitative estimate of drug-likeness (QED) is 0.134. The molecule has 0 aromatic rings. The minimum Gasteiger partial charge on any atom is -0.394 e. The van der Waals surface area contributed by atoms with Crippen LogP contribution in [0.3, 0.4) is 0 Å². The van der Waals surface area contributed by atoms with Gasteiger partial charge in [-0.15, -0.1) is 0 Å². The van der Waals surface area contributed by atoms with Crippen LogP contribution in [0.1, 0.15) is 78.1 Å². The minimum atomic E-state index is -1.61. The zero-order chi connectivity index (χ0) is 26.7. The van der Waals surface area contributed by atoms with Crippen molar-refractivity contribution in [1.29, 1.82) is 0 Å². The van der Waals surface area contributed by atoms with Gasteiger partial charge in [-0.25, -0.2) is 0 Å². The molecule has 0 saturated carbocycles. The Balaban J connectivity index is 1.98. The van der Waals surface area contributed by atoms with Gasteiger partial charge in [-0.3, -0.25) is 0 Å². The van der Waals surface area contributed by atoms with E-state index in [0.717, 1.165) is 64.2 Å². The van der Waals surface area contributed by atoms with Crippen LogP contribution < -0.4 is 0 Å². The fourth-order valence-corrected chi connectivity index (χ4v) is 4.63. The summed E-state index contributed by atoms with van der Waals surface area (Å²) < 4.78 is 22.7. The van der Waals surface area contributed by atoms with Crippen LogP contribution in [-0.2, 0) is 18.9 Å². The highest BCUT2D eigenvalue weighted by Gasteiger charge is 2.47. The summed E-state index contributed by atoms with van der Waals surface area (Å²) in [4.78, 5) is 0. The van der Waals surface area contributed by atoms with Gasteiger partial charge in [-0.1, -0.05) is 65.2 Å². The predicted octanol–water partition coefficient (Wildman–Crippen LogP) is -0.0635. The van der Waals surface area contributed by atoms with E-state index in [1.165, 1.54) is 0 Å². The van der Waals surface area contributed by atoms with Gasteiger partial charge in [-0.2, -0.15) is 0 Å². The zero-order valence-electron chi connectivity index (χ0n) is 21.6. The van der Waals surface area contributed by atoms with E-state index < -0.39 is 68.0 Å². The van der Waals surface area contributed by atoms with Crippen LogP contribution in [0.5, 0.6) is 0 Å². The Bertz CT molecular complexity index is 568. The predicted molar refractivity (Wildman–Crippen MR) is 129 cm³/mol. The first kappa shape index (κ1) is 31.8. The minimum absolute atomic E-state index is 0.173. The van der Waals surface area contributed by atoms with Crippen molar-refractivity contribution in [3.8, 4) is 0 Å². The number of ether oxygens (including phenoxy) is 4. The van der Waals surface area contributed by atoms with Crippen LogP contribution in [0.2, 0.25) is 0 Å². The van der Waals surface area contributed by atoms with Crippen LogP contribution in [0.25, 0.3) is 0 Å². The molecule has 0 unspecified atom stereocenters. The summed E-state index contributed by atoms with van der Waals surface area (Å²) in [5.41, 5.74) is 0. The highest BCUT2D eigenvalue weighted by atomic mass is 16.7. The highest BCUT2D eigenvalue weighted by molar-refractivity contribution is 4.91. The van der Waals surface area contributed by atoms with Gasteiger partial charge in [0.05, 0.1) is 19.3 Å². The van der Waals surface area contributed by atoms with E-state index in [-0.39, 0.29) is 12.7 Å². The van der Waals surface area contributed by atoms with E-state index in [4.69, 9.17) is 18.9 Å². The van der Waals surface area contributed by atoms with E-state index in [9.17, 15) is 35.7 Å². The van der Waals surface area contributed by atoms with E-state index in [1.54, 1.807) is 0 Å². The Morgan fingerprint density at radius 1 is 0.611 bits per heavy atom. The molecule has 2 aliphatic heterocycles. The lowest BCUT2D eigenvalue weighted by atomic mass is 9.98. The van der Waals surface area contributed by atoms with Gasteiger partial charge >= 0.3 is 0 Å².